The van der Waals surface area contributed by atoms with Crippen molar-refractivity contribution in [3.05, 3.63) is 29.3 Å². The second kappa shape index (κ2) is 3.24. The number of methoxy groups -OCH3 is 1. The summed E-state index contributed by atoms with van der Waals surface area (Å²) in [4.78, 5) is 2.51. The Hall–Kier alpha value is -1.02. The predicted octanol–water partition coefficient (Wildman–Crippen LogP) is 2.21. The Morgan fingerprint density at radius 3 is 3.00 bits per heavy atom. The second-order valence-corrected chi connectivity index (χ2v) is 5.39. The largest absolute Gasteiger partial charge is 0.497 e. The first kappa shape index (κ1) is 10.2. The molecular formula is C14H19NO. The highest BCUT2D eigenvalue weighted by Gasteiger charge is 2.48. The van der Waals surface area contributed by atoms with Gasteiger partial charge in [-0.15, -0.1) is 0 Å². The molecule has 2 atom stereocenters. The molecule has 1 heterocycles. The summed E-state index contributed by atoms with van der Waals surface area (Å²) < 4.78 is 5.35. The number of ether oxygens (including phenoxy) is 1. The van der Waals surface area contributed by atoms with Crippen molar-refractivity contribution in [1.29, 1.82) is 0 Å². The summed E-state index contributed by atoms with van der Waals surface area (Å²) in [5, 5.41) is 0. The standard InChI is InChI=1S/C14H19NO/c1-14-6-7-15(2)13(14)8-10-4-5-11(16-3)9-12(10)14/h4-5,9,13H,6-8H2,1-3H3. The molecule has 2 unspecified atom stereocenters. The van der Waals surface area contributed by atoms with Crippen LogP contribution in [0.5, 0.6) is 5.75 Å². The molecule has 2 aliphatic rings. The van der Waals surface area contributed by atoms with Crippen molar-refractivity contribution < 1.29 is 4.74 Å². The quantitative estimate of drug-likeness (QED) is 0.715. The maximum absolute atomic E-state index is 5.35. The maximum atomic E-state index is 5.35. The van der Waals surface area contributed by atoms with Crippen LogP contribution in [0.3, 0.4) is 0 Å². The van der Waals surface area contributed by atoms with Crippen LogP contribution in [0.1, 0.15) is 24.5 Å². The van der Waals surface area contributed by atoms with Crippen molar-refractivity contribution in [3.63, 3.8) is 0 Å². The van der Waals surface area contributed by atoms with Gasteiger partial charge in [0.2, 0.25) is 0 Å². The summed E-state index contributed by atoms with van der Waals surface area (Å²) >= 11 is 0. The van der Waals surface area contributed by atoms with Crippen molar-refractivity contribution in [2.24, 2.45) is 0 Å². The fourth-order valence-electron chi connectivity index (χ4n) is 3.51. The minimum absolute atomic E-state index is 0.346. The zero-order chi connectivity index (χ0) is 11.3. The molecule has 1 aliphatic carbocycles. The Balaban J connectivity index is 2.09. The van der Waals surface area contributed by atoms with Gasteiger partial charge in [0.25, 0.3) is 0 Å². The molecule has 0 aromatic heterocycles. The zero-order valence-electron chi connectivity index (χ0n) is 10.3. The average Bonchev–Trinajstić information content (AvgIpc) is 2.74. The van der Waals surface area contributed by atoms with E-state index in [1.54, 1.807) is 7.11 Å². The van der Waals surface area contributed by atoms with Crippen LogP contribution < -0.4 is 4.74 Å². The summed E-state index contributed by atoms with van der Waals surface area (Å²) in [5.74, 6) is 0.996. The van der Waals surface area contributed by atoms with Crippen LogP contribution >= 0.6 is 0 Å². The molecule has 0 N–H and O–H groups in total. The molecule has 86 valence electrons. The Morgan fingerprint density at radius 1 is 1.44 bits per heavy atom. The third-order valence-electron chi connectivity index (χ3n) is 4.60. The van der Waals surface area contributed by atoms with Crippen molar-refractivity contribution in [3.8, 4) is 5.75 Å². The van der Waals surface area contributed by atoms with Gasteiger partial charge in [-0.05, 0) is 49.7 Å². The van der Waals surface area contributed by atoms with E-state index >= 15 is 0 Å². The lowest BCUT2D eigenvalue weighted by Gasteiger charge is -2.27. The number of hydrogen-bond acceptors (Lipinski definition) is 2. The molecule has 2 nitrogen and oxygen atoms in total. The molecule has 1 saturated heterocycles. The number of nitrogens with zero attached hydrogens (tertiary/aromatic N) is 1. The fourth-order valence-corrected chi connectivity index (χ4v) is 3.51. The molecule has 16 heavy (non-hydrogen) atoms. The van der Waals surface area contributed by atoms with Crippen molar-refractivity contribution in [1.82, 2.24) is 4.90 Å². The molecule has 0 bridgehead atoms. The van der Waals surface area contributed by atoms with Gasteiger partial charge in [-0.25, -0.2) is 0 Å². The highest BCUT2D eigenvalue weighted by Crippen LogP contribution is 2.48. The number of benzene rings is 1. The minimum atomic E-state index is 0.346. The van der Waals surface area contributed by atoms with Crippen LogP contribution in [-0.4, -0.2) is 31.6 Å². The van der Waals surface area contributed by atoms with E-state index in [1.807, 2.05) is 0 Å². The highest BCUT2D eigenvalue weighted by molar-refractivity contribution is 5.47. The topological polar surface area (TPSA) is 12.5 Å². The number of likely N-dealkylation sites (N-methyl/N-ethyl adjacent to an activating group) is 1. The van der Waals surface area contributed by atoms with Crippen LogP contribution in [0.25, 0.3) is 0 Å². The number of hydrogen-bond donors (Lipinski definition) is 0. The van der Waals surface area contributed by atoms with Gasteiger partial charge in [0, 0.05) is 11.5 Å². The highest BCUT2D eigenvalue weighted by atomic mass is 16.5. The third-order valence-corrected chi connectivity index (χ3v) is 4.60. The Labute approximate surface area is 97.2 Å². The average molecular weight is 217 g/mol. The lowest BCUT2D eigenvalue weighted by atomic mass is 9.80. The molecule has 0 saturated carbocycles. The first-order valence-electron chi connectivity index (χ1n) is 6.03. The van der Waals surface area contributed by atoms with Gasteiger partial charge in [0.15, 0.2) is 0 Å². The van der Waals surface area contributed by atoms with Crippen LogP contribution in [0.2, 0.25) is 0 Å². The summed E-state index contributed by atoms with van der Waals surface area (Å²) in [6, 6.07) is 7.26. The summed E-state index contributed by atoms with van der Waals surface area (Å²) in [5.41, 5.74) is 3.37. The molecule has 0 radical (unpaired) electrons. The number of fused-ring (bicyclic) bond motifs is 3. The molecule has 1 aromatic rings. The van der Waals surface area contributed by atoms with Crippen LogP contribution in [-0.2, 0) is 11.8 Å². The molecule has 0 spiro atoms. The van der Waals surface area contributed by atoms with E-state index < -0.39 is 0 Å². The molecule has 3 rings (SSSR count). The van der Waals surface area contributed by atoms with E-state index in [0.717, 1.165) is 5.75 Å². The second-order valence-electron chi connectivity index (χ2n) is 5.39. The Morgan fingerprint density at radius 2 is 2.25 bits per heavy atom. The molecule has 2 heteroatoms. The van der Waals surface area contributed by atoms with E-state index in [1.165, 1.54) is 30.5 Å². The zero-order valence-corrected chi connectivity index (χ0v) is 10.3. The van der Waals surface area contributed by atoms with Gasteiger partial charge < -0.3 is 9.64 Å². The van der Waals surface area contributed by atoms with Gasteiger partial charge in [-0.2, -0.15) is 0 Å². The number of likely N-dealkylation sites (tertiary alicyclic amines) is 1. The fraction of sp³-hybridized carbons (Fsp3) is 0.571. The lowest BCUT2D eigenvalue weighted by Crippen LogP contribution is -2.35. The van der Waals surface area contributed by atoms with E-state index in [0.29, 0.717) is 11.5 Å². The van der Waals surface area contributed by atoms with Crippen LogP contribution in [0, 0.1) is 0 Å². The predicted molar refractivity (Wildman–Crippen MR) is 65.1 cm³/mol. The van der Waals surface area contributed by atoms with Gasteiger partial charge in [-0.1, -0.05) is 13.0 Å². The van der Waals surface area contributed by atoms with Gasteiger partial charge in [0.05, 0.1) is 7.11 Å². The maximum Gasteiger partial charge on any atom is 0.119 e. The molecule has 1 fully saturated rings. The Kier molecular flexibility index (Phi) is 2.05. The minimum Gasteiger partial charge on any atom is -0.497 e. The normalized spacial score (nSPS) is 32.6. The molecule has 1 aliphatic heterocycles. The van der Waals surface area contributed by atoms with Crippen molar-refractivity contribution in [2.45, 2.75) is 31.2 Å². The van der Waals surface area contributed by atoms with Crippen LogP contribution in [0.4, 0.5) is 0 Å². The SMILES string of the molecule is COc1ccc2c(c1)C1(C)CCN(C)C1C2. The van der Waals surface area contributed by atoms with E-state index in [9.17, 15) is 0 Å². The van der Waals surface area contributed by atoms with E-state index in [-0.39, 0.29) is 0 Å². The first-order chi connectivity index (χ1) is 7.65. The molecular weight excluding hydrogens is 198 g/mol. The van der Waals surface area contributed by atoms with E-state index in [4.69, 9.17) is 4.74 Å². The van der Waals surface area contributed by atoms with Crippen LogP contribution in [0.15, 0.2) is 18.2 Å². The lowest BCUT2D eigenvalue weighted by molar-refractivity contribution is 0.271. The summed E-state index contributed by atoms with van der Waals surface area (Å²) in [6.45, 7) is 3.63. The van der Waals surface area contributed by atoms with E-state index in [2.05, 4.69) is 37.1 Å². The number of rotatable bonds is 1. The Bertz CT molecular complexity index is 429. The monoisotopic (exact) mass is 217 g/mol. The van der Waals surface area contributed by atoms with Crippen molar-refractivity contribution >= 4 is 0 Å². The molecule has 1 aromatic carbocycles. The first-order valence-corrected chi connectivity index (χ1v) is 6.03. The summed E-state index contributed by atoms with van der Waals surface area (Å²) in [6.07, 6.45) is 2.47. The molecule has 0 amide bonds. The van der Waals surface area contributed by atoms with Crippen molar-refractivity contribution in [2.75, 3.05) is 20.7 Å². The summed E-state index contributed by atoms with van der Waals surface area (Å²) in [7, 11) is 4.00. The van der Waals surface area contributed by atoms with Gasteiger partial charge >= 0.3 is 0 Å². The third kappa shape index (κ3) is 1.17. The van der Waals surface area contributed by atoms with Gasteiger partial charge in [0.1, 0.15) is 5.75 Å². The smallest absolute Gasteiger partial charge is 0.119 e. The van der Waals surface area contributed by atoms with Gasteiger partial charge in [-0.3, -0.25) is 0 Å².